The van der Waals surface area contributed by atoms with Gasteiger partial charge in [0, 0.05) is 46.5 Å². The Balaban J connectivity index is 1.28. The molecule has 0 amide bonds. The maximum atomic E-state index is 7.20. The van der Waals surface area contributed by atoms with Crippen molar-refractivity contribution in [3.8, 4) is 17.0 Å². The van der Waals surface area contributed by atoms with Gasteiger partial charge in [-0.25, -0.2) is 24.8 Å². The molecule has 3 aromatic heterocycles. The highest BCUT2D eigenvalue weighted by Gasteiger charge is 2.43. The van der Waals surface area contributed by atoms with Gasteiger partial charge < -0.3 is 14.4 Å². The van der Waals surface area contributed by atoms with Gasteiger partial charge in [-0.2, -0.15) is 0 Å². The van der Waals surface area contributed by atoms with Crippen LogP contribution in [0.1, 0.15) is 0 Å². The summed E-state index contributed by atoms with van der Waals surface area (Å²) in [5, 5.41) is 3.04. The zero-order chi connectivity index (χ0) is 23.9. The second kappa shape index (κ2) is 9.21. The Labute approximate surface area is 215 Å². The fourth-order valence-corrected chi connectivity index (χ4v) is 6.07. The molecule has 2 fully saturated rings. The van der Waals surface area contributed by atoms with Gasteiger partial charge in [0.1, 0.15) is 17.1 Å². The molecule has 2 aliphatic rings. The van der Waals surface area contributed by atoms with Crippen LogP contribution in [0.25, 0.3) is 26.2 Å². The van der Waals surface area contributed by atoms with E-state index in [0.717, 1.165) is 34.4 Å². The third-order valence-electron chi connectivity index (χ3n) is 6.33. The Morgan fingerprint density at radius 1 is 1.06 bits per heavy atom. The second-order valence-electron chi connectivity index (χ2n) is 8.53. The Kier molecular flexibility index (Phi) is 5.90. The molecule has 0 N–H and O–H groups in total. The van der Waals surface area contributed by atoms with Gasteiger partial charge in [0.15, 0.2) is 5.69 Å². The standard InChI is InChI=1S/C24H18Cl2N6O2S/c1-27-16-2-3-17(19(26)4-16)18-11-35-22-20(18)30-12-31-23(22)34-21-13-7-32(8-14(21)10-33-9-13)24-28-5-15(25)6-29-24/h2-6,11-14,21H,7-10H2. The smallest absolute Gasteiger partial charge is 0.235 e. The molecule has 0 spiro atoms. The summed E-state index contributed by atoms with van der Waals surface area (Å²) in [6.45, 7) is 9.82. The number of aromatic nitrogens is 4. The number of rotatable bonds is 4. The summed E-state index contributed by atoms with van der Waals surface area (Å²) in [7, 11) is 0. The zero-order valence-electron chi connectivity index (χ0n) is 18.3. The van der Waals surface area contributed by atoms with E-state index in [1.165, 1.54) is 17.7 Å². The summed E-state index contributed by atoms with van der Waals surface area (Å²) in [4.78, 5) is 23.4. The molecule has 2 unspecified atom stereocenters. The lowest BCUT2D eigenvalue weighted by Crippen LogP contribution is -2.58. The molecule has 2 bridgehead atoms. The third-order valence-corrected chi connectivity index (χ3v) is 7.80. The molecule has 6 rings (SSSR count). The summed E-state index contributed by atoms with van der Waals surface area (Å²) in [5.41, 5.74) is 3.01. The Bertz CT molecular complexity index is 1430. The fraction of sp³-hybridized carbons (Fsp3) is 0.292. The number of piperidine rings is 1. The van der Waals surface area contributed by atoms with Crippen LogP contribution in [0.3, 0.4) is 0 Å². The SMILES string of the molecule is [C-]#[N+]c1ccc(-c2csc3c(OC4C5COCC4CN(c4ncc(Cl)cn4)C5)ncnc23)c(Cl)c1. The van der Waals surface area contributed by atoms with E-state index in [1.54, 1.807) is 24.5 Å². The van der Waals surface area contributed by atoms with Crippen molar-refractivity contribution in [1.29, 1.82) is 0 Å². The molecule has 35 heavy (non-hydrogen) atoms. The van der Waals surface area contributed by atoms with Crippen LogP contribution in [0.15, 0.2) is 42.3 Å². The van der Waals surface area contributed by atoms with Crippen LogP contribution in [-0.4, -0.2) is 52.3 Å². The Hall–Kier alpha value is -3.03. The number of ether oxygens (including phenoxy) is 2. The van der Waals surface area contributed by atoms with Crippen molar-refractivity contribution in [2.75, 3.05) is 31.2 Å². The number of fused-ring (bicyclic) bond motifs is 3. The van der Waals surface area contributed by atoms with Crippen LogP contribution in [0.4, 0.5) is 11.6 Å². The lowest BCUT2D eigenvalue weighted by Gasteiger charge is -2.46. The van der Waals surface area contributed by atoms with Gasteiger partial charge in [-0.05, 0) is 6.07 Å². The van der Waals surface area contributed by atoms with Crippen molar-refractivity contribution in [2.24, 2.45) is 11.8 Å². The number of hydrogen-bond acceptors (Lipinski definition) is 8. The molecule has 11 heteroatoms. The molecule has 4 aromatic rings. The highest BCUT2D eigenvalue weighted by atomic mass is 35.5. The lowest BCUT2D eigenvalue weighted by molar-refractivity contribution is -0.0764. The minimum atomic E-state index is -0.0440. The number of thiophene rings is 1. The average molecular weight is 525 g/mol. The van der Waals surface area contributed by atoms with E-state index in [0.29, 0.717) is 40.8 Å². The van der Waals surface area contributed by atoms with Crippen LogP contribution < -0.4 is 9.64 Å². The maximum absolute atomic E-state index is 7.20. The molecule has 5 heterocycles. The minimum Gasteiger partial charge on any atom is -0.472 e. The van der Waals surface area contributed by atoms with E-state index in [9.17, 15) is 0 Å². The predicted octanol–water partition coefficient (Wildman–Crippen LogP) is 5.54. The average Bonchev–Trinajstić information content (AvgIpc) is 3.29. The van der Waals surface area contributed by atoms with Crippen molar-refractivity contribution >= 4 is 56.4 Å². The second-order valence-corrected chi connectivity index (χ2v) is 10.3. The van der Waals surface area contributed by atoms with Gasteiger partial charge in [0.05, 0.1) is 42.7 Å². The Morgan fingerprint density at radius 3 is 2.54 bits per heavy atom. The van der Waals surface area contributed by atoms with Gasteiger partial charge in [-0.15, -0.1) is 11.3 Å². The summed E-state index contributed by atoms with van der Waals surface area (Å²) < 4.78 is 13.3. The van der Waals surface area contributed by atoms with Gasteiger partial charge in [-0.1, -0.05) is 35.3 Å². The van der Waals surface area contributed by atoms with Crippen LogP contribution in [0.5, 0.6) is 5.88 Å². The first-order valence-corrected chi connectivity index (χ1v) is 12.6. The van der Waals surface area contributed by atoms with Crippen LogP contribution >= 0.6 is 34.5 Å². The fourth-order valence-electron chi connectivity index (χ4n) is 4.75. The van der Waals surface area contributed by atoms with E-state index < -0.39 is 0 Å². The van der Waals surface area contributed by atoms with Crippen molar-refractivity contribution in [2.45, 2.75) is 6.10 Å². The van der Waals surface area contributed by atoms with Gasteiger partial charge in [0.25, 0.3) is 0 Å². The molecular formula is C24H18Cl2N6O2S. The predicted molar refractivity (Wildman–Crippen MR) is 136 cm³/mol. The molecule has 176 valence electrons. The lowest BCUT2D eigenvalue weighted by atomic mass is 9.84. The van der Waals surface area contributed by atoms with Crippen LogP contribution in [0.2, 0.25) is 10.0 Å². The molecule has 0 radical (unpaired) electrons. The number of anilines is 1. The molecule has 2 atom stereocenters. The molecule has 0 aliphatic carbocycles. The van der Waals surface area contributed by atoms with Crippen molar-refractivity contribution < 1.29 is 9.47 Å². The number of benzene rings is 1. The topological polar surface area (TPSA) is 77.6 Å². The largest absolute Gasteiger partial charge is 0.472 e. The minimum absolute atomic E-state index is 0.0440. The first kappa shape index (κ1) is 22.4. The summed E-state index contributed by atoms with van der Waals surface area (Å²) in [6, 6.07) is 5.29. The normalized spacial score (nSPS) is 21.6. The van der Waals surface area contributed by atoms with Gasteiger partial charge in [-0.3, -0.25) is 0 Å². The quantitative estimate of drug-likeness (QED) is 0.324. The molecule has 1 aromatic carbocycles. The van der Waals surface area contributed by atoms with E-state index >= 15 is 0 Å². The Morgan fingerprint density at radius 2 is 1.83 bits per heavy atom. The molecular weight excluding hydrogens is 507 g/mol. The number of nitrogens with zero attached hydrogens (tertiary/aromatic N) is 6. The number of halogens is 2. The summed E-state index contributed by atoms with van der Waals surface area (Å²) >= 11 is 14.0. The van der Waals surface area contributed by atoms with Gasteiger partial charge >= 0.3 is 0 Å². The molecule has 2 aliphatic heterocycles. The molecule has 8 nitrogen and oxygen atoms in total. The van der Waals surface area contributed by atoms with E-state index in [4.69, 9.17) is 39.2 Å². The van der Waals surface area contributed by atoms with Crippen molar-refractivity contribution in [3.05, 3.63) is 63.8 Å². The summed E-state index contributed by atoms with van der Waals surface area (Å²) in [5.74, 6) is 1.51. The molecule has 0 saturated carbocycles. The van der Waals surface area contributed by atoms with Crippen molar-refractivity contribution in [1.82, 2.24) is 19.9 Å². The zero-order valence-corrected chi connectivity index (χ0v) is 20.6. The number of hydrogen-bond donors (Lipinski definition) is 0. The highest BCUT2D eigenvalue weighted by Crippen LogP contribution is 2.41. The van der Waals surface area contributed by atoms with Crippen molar-refractivity contribution in [3.63, 3.8) is 0 Å². The third kappa shape index (κ3) is 4.17. The monoisotopic (exact) mass is 524 g/mol. The maximum Gasteiger partial charge on any atom is 0.235 e. The van der Waals surface area contributed by atoms with E-state index in [2.05, 4.69) is 29.7 Å². The highest BCUT2D eigenvalue weighted by molar-refractivity contribution is 7.18. The van der Waals surface area contributed by atoms with Gasteiger partial charge in [0.2, 0.25) is 11.8 Å². The van der Waals surface area contributed by atoms with E-state index in [1.807, 2.05) is 11.4 Å². The first-order chi connectivity index (χ1) is 17.1. The summed E-state index contributed by atoms with van der Waals surface area (Å²) in [6.07, 6.45) is 4.72. The molecule has 2 saturated heterocycles. The van der Waals surface area contributed by atoms with Crippen LogP contribution in [-0.2, 0) is 4.74 Å². The first-order valence-electron chi connectivity index (χ1n) is 11.0. The van der Waals surface area contributed by atoms with Crippen LogP contribution in [0, 0.1) is 18.4 Å². The van der Waals surface area contributed by atoms with E-state index in [-0.39, 0.29) is 17.9 Å².